The van der Waals surface area contributed by atoms with Crippen LogP contribution in [0.3, 0.4) is 0 Å². The fourth-order valence-electron chi connectivity index (χ4n) is 4.43. The van der Waals surface area contributed by atoms with Crippen LogP contribution in [0.4, 0.5) is 0 Å². The van der Waals surface area contributed by atoms with Crippen LogP contribution >= 0.6 is 0 Å². The van der Waals surface area contributed by atoms with Crippen molar-refractivity contribution in [2.75, 3.05) is 7.11 Å². The van der Waals surface area contributed by atoms with Gasteiger partial charge in [0.15, 0.2) is 11.4 Å². The molecule has 0 aliphatic carbocycles. The summed E-state index contributed by atoms with van der Waals surface area (Å²) in [5.41, 5.74) is 13.1. The number of carbonyl (C=O) groups is 1. The summed E-state index contributed by atoms with van der Waals surface area (Å²) in [7, 11) is 1.57. The molecule has 0 fully saturated rings. The highest BCUT2D eigenvalue weighted by molar-refractivity contribution is 6.21. The number of benzene rings is 3. The minimum atomic E-state index is -0.132. The maximum atomic E-state index is 12.3. The van der Waals surface area contributed by atoms with Gasteiger partial charge in [0, 0.05) is 29.3 Å². The highest BCUT2D eigenvalue weighted by atomic mass is 16.5. The number of hydrogen-bond acceptors (Lipinski definition) is 6. The fourth-order valence-corrected chi connectivity index (χ4v) is 4.43. The highest BCUT2D eigenvalue weighted by Gasteiger charge is 2.19. The first kappa shape index (κ1) is 22.3. The number of allylic oxidation sites excluding steroid dienone is 2. The van der Waals surface area contributed by atoms with Crippen molar-refractivity contribution < 1.29 is 9.53 Å². The van der Waals surface area contributed by atoms with Gasteiger partial charge < -0.3 is 10.5 Å². The van der Waals surface area contributed by atoms with Gasteiger partial charge in [0.25, 0.3) is 0 Å². The van der Waals surface area contributed by atoms with Gasteiger partial charge in [0.2, 0.25) is 0 Å². The Hall–Kier alpha value is -4.52. The Morgan fingerprint density at radius 2 is 1.69 bits per heavy atom. The number of carbonyl (C=O) groups excluding carboxylic acids is 1. The van der Waals surface area contributed by atoms with Gasteiger partial charge in [-0.3, -0.25) is 14.2 Å². The van der Waals surface area contributed by atoms with Crippen LogP contribution in [0.2, 0.25) is 0 Å². The zero-order valence-electron chi connectivity index (χ0n) is 19.8. The molecule has 7 nitrogen and oxygen atoms in total. The summed E-state index contributed by atoms with van der Waals surface area (Å²) in [5, 5.41) is 8.77. The molecule has 0 spiro atoms. The van der Waals surface area contributed by atoms with E-state index >= 15 is 0 Å². The van der Waals surface area contributed by atoms with E-state index in [1.54, 1.807) is 20.2 Å². The maximum Gasteiger partial charge on any atom is 0.179 e. The van der Waals surface area contributed by atoms with E-state index in [2.05, 4.69) is 51.6 Å². The van der Waals surface area contributed by atoms with Crippen molar-refractivity contribution in [2.24, 2.45) is 5.73 Å². The monoisotopic (exact) mass is 463 g/mol. The third-order valence-corrected chi connectivity index (χ3v) is 6.05. The smallest absolute Gasteiger partial charge is 0.179 e. The minimum Gasteiger partial charge on any atom is -0.496 e. The summed E-state index contributed by atoms with van der Waals surface area (Å²) >= 11 is 0. The van der Waals surface area contributed by atoms with Crippen LogP contribution in [0.5, 0.6) is 5.75 Å². The summed E-state index contributed by atoms with van der Waals surface area (Å²) in [4.78, 5) is 16.9. The molecule has 0 saturated carbocycles. The molecule has 0 aliphatic rings. The lowest BCUT2D eigenvalue weighted by Gasteiger charge is -2.14. The average Bonchev–Trinajstić information content (AvgIpc) is 3.27. The Labute approximate surface area is 202 Å². The molecule has 0 bridgehead atoms. The van der Waals surface area contributed by atoms with Crippen LogP contribution in [-0.4, -0.2) is 32.5 Å². The van der Waals surface area contributed by atoms with E-state index in [0.717, 1.165) is 22.5 Å². The van der Waals surface area contributed by atoms with Crippen molar-refractivity contribution in [3.05, 3.63) is 95.6 Å². The number of Topliss-reactive ketones (excluding diaryl/α,β-unsaturated/α-hetero) is 1. The minimum absolute atomic E-state index is 0.132. The zero-order valence-corrected chi connectivity index (χ0v) is 19.8. The first-order valence-corrected chi connectivity index (χ1v) is 11.3. The van der Waals surface area contributed by atoms with Gasteiger partial charge >= 0.3 is 0 Å². The molecule has 3 aromatic carbocycles. The van der Waals surface area contributed by atoms with Gasteiger partial charge in [-0.25, -0.2) is 0 Å². The summed E-state index contributed by atoms with van der Waals surface area (Å²) in [5.74, 6) is 1.19. The number of methoxy groups -OCH3 is 1. The second-order valence-electron chi connectivity index (χ2n) is 8.46. The predicted octanol–water partition coefficient (Wildman–Crippen LogP) is 4.82. The first-order valence-electron chi connectivity index (χ1n) is 11.3. The van der Waals surface area contributed by atoms with Crippen molar-refractivity contribution in [1.82, 2.24) is 19.6 Å². The van der Waals surface area contributed by atoms with Crippen molar-refractivity contribution in [3.8, 4) is 16.9 Å². The molecule has 0 unspecified atom stereocenters. The third kappa shape index (κ3) is 4.12. The highest BCUT2D eigenvalue weighted by Crippen LogP contribution is 2.32. The number of rotatable bonds is 6. The van der Waals surface area contributed by atoms with E-state index < -0.39 is 0 Å². The number of aromatic nitrogens is 4. The van der Waals surface area contributed by atoms with Gasteiger partial charge in [0.05, 0.1) is 24.3 Å². The van der Waals surface area contributed by atoms with Crippen LogP contribution in [-0.2, 0) is 11.2 Å². The van der Waals surface area contributed by atoms with Crippen LogP contribution in [0.15, 0.2) is 78.6 Å². The second-order valence-corrected chi connectivity index (χ2v) is 8.46. The SMILES string of the molecule is COc1cc2c(cc1C(C(C)=O)=C(C)N)ncc1nnc(Cc3ccc(-c4ccccc4)cc3)n12. The van der Waals surface area contributed by atoms with E-state index in [0.29, 0.717) is 40.2 Å². The first-order chi connectivity index (χ1) is 17.0. The Balaban J connectivity index is 1.59. The molecule has 0 radical (unpaired) electrons. The van der Waals surface area contributed by atoms with E-state index in [9.17, 15) is 4.79 Å². The van der Waals surface area contributed by atoms with Gasteiger partial charge in [-0.15, -0.1) is 10.2 Å². The van der Waals surface area contributed by atoms with E-state index in [1.807, 2.05) is 34.7 Å². The molecule has 0 atom stereocenters. The van der Waals surface area contributed by atoms with E-state index in [4.69, 9.17) is 10.5 Å². The lowest BCUT2D eigenvalue weighted by Crippen LogP contribution is -2.07. The maximum absolute atomic E-state index is 12.3. The van der Waals surface area contributed by atoms with E-state index in [-0.39, 0.29) is 5.78 Å². The zero-order chi connectivity index (χ0) is 24.5. The normalized spacial score (nSPS) is 12.1. The molecule has 5 aromatic rings. The molecule has 0 amide bonds. The number of nitrogens with two attached hydrogens (primary N) is 1. The molecule has 7 heteroatoms. The van der Waals surface area contributed by atoms with Crippen molar-refractivity contribution in [3.63, 3.8) is 0 Å². The standard InChI is InChI=1S/C28H25N5O2/c1-17(29)28(18(2)34)22-14-23-24(15-25(22)35-3)33-26(31-32-27(33)16-30-23)13-19-9-11-21(12-10-19)20-7-5-4-6-8-20/h4-12,14-16H,13,29H2,1-3H3. The van der Waals surface area contributed by atoms with Crippen LogP contribution in [0.1, 0.15) is 30.8 Å². The number of ether oxygens (including phenoxy) is 1. The molecular formula is C28H25N5O2. The van der Waals surface area contributed by atoms with Crippen molar-refractivity contribution >= 4 is 28.0 Å². The Bertz CT molecular complexity index is 1580. The lowest BCUT2D eigenvalue weighted by atomic mass is 9.98. The Morgan fingerprint density at radius 3 is 2.34 bits per heavy atom. The summed E-state index contributed by atoms with van der Waals surface area (Å²) in [6.45, 7) is 3.20. The number of fused-ring (bicyclic) bond motifs is 3. The topological polar surface area (TPSA) is 95.4 Å². The molecule has 5 rings (SSSR count). The van der Waals surface area contributed by atoms with Gasteiger partial charge in [-0.1, -0.05) is 54.6 Å². The molecule has 0 aliphatic heterocycles. The van der Waals surface area contributed by atoms with Gasteiger partial charge in [-0.2, -0.15) is 0 Å². The predicted molar refractivity (Wildman–Crippen MR) is 137 cm³/mol. The average molecular weight is 464 g/mol. The Morgan fingerprint density at radius 1 is 0.971 bits per heavy atom. The molecule has 35 heavy (non-hydrogen) atoms. The van der Waals surface area contributed by atoms with Gasteiger partial charge in [0.1, 0.15) is 11.6 Å². The molecule has 2 aromatic heterocycles. The van der Waals surface area contributed by atoms with Crippen molar-refractivity contribution in [2.45, 2.75) is 20.3 Å². The summed E-state index contributed by atoms with van der Waals surface area (Å²) < 4.78 is 7.63. The van der Waals surface area contributed by atoms with E-state index in [1.165, 1.54) is 12.5 Å². The largest absolute Gasteiger partial charge is 0.496 e. The molecule has 2 N–H and O–H groups in total. The number of ketones is 1. The van der Waals surface area contributed by atoms with Gasteiger partial charge in [-0.05, 0) is 36.6 Å². The molecular weight excluding hydrogens is 438 g/mol. The van der Waals surface area contributed by atoms with Crippen LogP contribution in [0.25, 0.3) is 33.4 Å². The number of nitrogens with zero attached hydrogens (tertiary/aromatic N) is 4. The number of hydrogen-bond donors (Lipinski definition) is 1. The quantitative estimate of drug-likeness (QED) is 0.363. The van der Waals surface area contributed by atoms with Crippen molar-refractivity contribution in [1.29, 1.82) is 0 Å². The molecule has 2 heterocycles. The van der Waals surface area contributed by atoms with Crippen LogP contribution in [0, 0.1) is 0 Å². The lowest BCUT2D eigenvalue weighted by molar-refractivity contribution is -0.111. The summed E-state index contributed by atoms with van der Waals surface area (Å²) in [6, 6.07) is 22.4. The molecule has 0 saturated heterocycles. The van der Waals surface area contributed by atoms with Crippen LogP contribution < -0.4 is 10.5 Å². The third-order valence-electron chi connectivity index (χ3n) is 6.05. The fraction of sp³-hybridized carbons (Fsp3) is 0.143. The Kier molecular flexibility index (Phi) is 5.74. The second kappa shape index (κ2) is 9.02. The summed E-state index contributed by atoms with van der Waals surface area (Å²) in [6.07, 6.45) is 2.28. The molecule has 174 valence electrons.